The van der Waals surface area contributed by atoms with E-state index in [1.165, 1.54) is 11.2 Å². The summed E-state index contributed by atoms with van der Waals surface area (Å²) in [5.74, 6) is 5.32. The molecule has 0 atom stereocenters. The fraction of sp³-hybridized carbons (Fsp3) is 0.600. The summed E-state index contributed by atoms with van der Waals surface area (Å²) in [6.45, 7) is 2.43. The second-order valence-electron chi connectivity index (χ2n) is 1.69. The van der Waals surface area contributed by atoms with Crippen LogP contribution in [0.5, 0.6) is 0 Å². The molecule has 0 aliphatic heterocycles. The maximum Gasteiger partial charge on any atom is 0.0840 e. The number of nitrogens with zero attached hydrogens (tertiary/aromatic N) is 1. The lowest BCUT2D eigenvalue weighted by Gasteiger charge is -2.09. The van der Waals surface area contributed by atoms with Gasteiger partial charge in [-0.25, -0.2) is 5.84 Å². The van der Waals surface area contributed by atoms with Gasteiger partial charge < -0.3 is 15.8 Å². The van der Waals surface area contributed by atoms with Crippen molar-refractivity contribution in [3.63, 3.8) is 0 Å². The molecule has 0 saturated carbocycles. The summed E-state index contributed by atoms with van der Waals surface area (Å²) in [5, 5.41) is 9.81. The Bertz CT molecular complexity index is 102. The van der Waals surface area contributed by atoms with Gasteiger partial charge in [-0.1, -0.05) is 0 Å². The fourth-order valence-corrected chi connectivity index (χ4v) is 0.345. The molecular formula is C5H13N3O. The van der Waals surface area contributed by atoms with Crippen LogP contribution in [0.15, 0.2) is 11.9 Å². The molecule has 0 spiro atoms. The van der Waals surface area contributed by atoms with E-state index in [2.05, 4.69) is 0 Å². The Morgan fingerprint density at radius 3 is 2.67 bits per heavy atom. The zero-order valence-electron chi connectivity index (χ0n) is 5.54. The van der Waals surface area contributed by atoms with Gasteiger partial charge in [0.2, 0.25) is 0 Å². The van der Waals surface area contributed by atoms with Crippen LogP contribution in [0.4, 0.5) is 0 Å². The van der Waals surface area contributed by atoms with Gasteiger partial charge in [0.25, 0.3) is 0 Å². The van der Waals surface area contributed by atoms with Crippen molar-refractivity contribution in [3.05, 3.63) is 11.9 Å². The zero-order chi connectivity index (χ0) is 7.28. The van der Waals surface area contributed by atoms with Gasteiger partial charge in [0, 0.05) is 12.7 Å². The molecule has 0 fully saturated rings. The highest BCUT2D eigenvalue weighted by molar-refractivity contribution is 4.93. The summed E-state index contributed by atoms with van der Waals surface area (Å²) in [6.07, 6.45) is 1.50. The van der Waals surface area contributed by atoms with E-state index in [4.69, 9.17) is 16.7 Å². The van der Waals surface area contributed by atoms with Gasteiger partial charge in [-0.2, -0.15) is 0 Å². The highest BCUT2D eigenvalue weighted by Crippen LogP contribution is 1.83. The van der Waals surface area contributed by atoms with E-state index in [0.717, 1.165) is 0 Å². The maximum absolute atomic E-state index is 8.40. The average molecular weight is 131 g/mol. The fourth-order valence-electron chi connectivity index (χ4n) is 0.345. The van der Waals surface area contributed by atoms with E-state index in [-0.39, 0.29) is 6.61 Å². The van der Waals surface area contributed by atoms with Crippen molar-refractivity contribution in [2.45, 2.75) is 6.92 Å². The molecule has 0 bridgehead atoms. The van der Waals surface area contributed by atoms with Crippen LogP contribution in [-0.4, -0.2) is 23.3 Å². The Hall–Kier alpha value is -0.740. The molecule has 0 rings (SSSR count). The molecule has 0 aromatic rings. The minimum absolute atomic E-state index is 0.145. The number of rotatable bonds is 3. The first-order valence-corrected chi connectivity index (χ1v) is 2.79. The molecule has 0 aliphatic carbocycles. The van der Waals surface area contributed by atoms with Gasteiger partial charge in [-0.15, -0.1) is 0 Å². The molecule has 4 nitrogen and oxygen atoms in total. The Balaban J connectivity index is 3.64. The molecule has 0 aromatic heterocycles. The lowest BCUT2D eigenvalue weighted by molar-refractivity contribution is 0.321. The number of aliphatic hydroxyl groups is 1. The number of nitrogens with two attached hydrogens (primary N) is 2. The highest BCUT2D eigenvalue weighted by atomic mass is 16.3. The van der Waals surface area contributed by atoms with Crippen molar-refractivity contribution in [1.82, 2.24) is 5.01 Å². The minimum atomic E-state index is -0.145. The third-order valence-electron chi connectivity index (χ3n) is 0.879. The van der Waals surface area contributed by atoms with Crippen molar-refractivity contribution >= 4 is 0 Å². The van der Waals surface area contributed by atoms with Crippen LogP contribution < -0.4 is 11.6 Å². The summed E-state index contributed by atoms with van der Waals surface area (Å²) >= 11 is 0. The molecule has 0 saturated heterocycles. The number of aliphatic hydroxyl groups excluding tert-OH is 1. The first-order valence-electron chi connectivity index (χ1n) is 2.79. The Morgan fingerprint density at radius 1 is 1.78 bits per heavy atom. The third-order valence-corrected chi connectivity index (χ3v) is 0.879. The number of hydrogen-bond donors (Lipinski definition) is 3. The van der Waals surface area contributed by atoms with Gasteiger partial charge in [0.15, 0.2) is 0 Å². The molecule has 0 radical (unpaired) electrons. The minimum Gasteiger partial charge on any atom is -0.399 e. The smallest absolute Gasteiger partial charge is 0.0840 e. The number of hydrogen-bond acceptors (Lipinski definition) is 4. The van der Waals surface area contributed by atoms with E-state index >= 15 is 0 Å². The molecule has 5 N–H and O–H groups in total. The Kier molecular flexibility index (Phi) is 3.83. The molecule has 0 amide bonds. The lowest BCUT2D eigenvalue weighted by atomic mass is 10.5. The van der Waals surface area contributed by atoms with E-state index in [1.54, 1.807) is 0 Å². The summed E-state index contributed by atoms with van der Waals surface area (Å²) in [5.41, 5.74) is 5.61. The topological polar surface area (TPSA) is 75.5 Å². The second kappa shape index (κ2) is 4.17. The van der Waals surface area contributed by atoms with Gasteiger partial charge in [-0.05, 0) is 6.92 Å². The second-order valence-corrected chi connectivity index (χ2v) is 1.69. The molecule has 54 valence electrons. The van der Waals surface area contributed by atoms with Crippen LogP contribution in [0, 0.1) is 0 Å². The van der Waals surface area contributed by atoms with E-state index in [9.17, 15) is 0 Å². The van der Waals surface area contributed by atoms with Gasteiger partial charge in [-0.3, -0.25) is 0 Å². The standard InChI is InChI=1S/C5H13N3O/c1-2-8(7)3-5(6)4-9/h3,9H,2,4,6-7H2,1H3/b5-3-. The predicted octanol–water partition coefficient (Wildman–Crippen LogP) is -1.03. The first kappa shape index (κ1) is 8.26. The third kappa shape index (κ3) is 3.81. The SMILES string of the molecule is CCN(N)/C=C(\N)CO. The van der Waals surface area contributed by atoms with E-state index < -0.39 is 0 Å². The molecular weight excluding hydrogens is 118 g/mol. The predicted molar refractivity (Wildman–Crippen MR) is 35.9 cm³/mol. The van der Waals surface area contributed by atoms with Crippen LogP contribution in [-0.2, 0) is 0 Å². The largest absolute Gasteiger partial charge is 0.399 e. The quantitative estimate of drug-likeness (QED) is 0.338. The van der Waals surface area contributed by atoms with Crippen molar-refractivity contribution < 1.29 is 5.11 Å². The van der Waals surface area contributed by atoms with Crippen molar-refractivity contribution in [1.29, 1.82) is 0 Å². The monoisotopic (exact) mass is 131 g/mol. The number of hydrazine groups is 1. The molecule has 0 unspecified atom stereocenters. The van der Waals surface area contributed by atoms with Gasteiger partial charge >= 0.3 is 0 Å². The van der Waals surface area contributed by atoms with Gasteiger partial charge in [0.05, 0.1) is 12.3 Å². The zero-order valence-corrected chi connectivity index (χ0v) is 5.54. The van der Waals surface area contributed by atoms with Crippen molar-refractivity contribution in [2.24, 2.45) is 11.6 Å². The lowest BCUT2D eigenvalue weighted by Crippen LogP contribution is -2.26. The van der Waals surface area contributed by atoms with Crippen LogP contribution in [0.2, 0.25) is 0 Å². The van der Waals surface area contributed by atoms with E-state index in [1.807, 2.05) is 6.92 Å². The van der Waals surface area contributed by atoms with Crippen LogP contribution in [0.1, 0.15) is 6.92 Å². The van der Waals surface area contributed by atoms with Crippen LogP contribution in [0.25, 0.3) is 0 Å². The van der Waals surface area contributed by atoms with E-state index in [0.29, 0.717) is 12.2 Å². The summed E-state index contributed by atoms with van der Waals surface area (Å²) in [7, 11) is 0. The summed E-state index contributed by atoms with van der Waals surface area (Å²) < 4.78 is 0. The van der Waals surface area contributed by atoms with Crippen molar-refractivity contribution in [3.8, 4) is 0 Å². The highest BCUT2D eigenvalue weighted by Gasteiger charge is 1.88. The molecule has 9 heavy (non-hydrogen) atoms. The molecule has 0 aliphatic rings. The van der Waals surface area contributed by atoms with Crippen LogP contribution >= 0.6 is 0 Å². The Morgan fingerprint density at radius 2 is 2.33 bits per heavy atom. The van der Waals surface area contributed by atoms with Gasteiger partial charge in [0.1, 0.15) is 0 Å². The summed E-state index contributed by atoms with van der Waals surface area (Å²) in [4.78, 5) is 0. The maximum atomic E-state index is 8.40. The molecule has 0 aromatic carbocycles. The Labute approximate surface area is 54.7 Å². The van der Waals surface area contributed by atoms with Crippen LogP contribution in [0.3, 0.4) is 0 Å². The summed E-state index contributed by atoms with van der Waals surface area (Å²) in [6, 6.07) is 0. The molecule has 0 heterocycles. The first-order chi connectivity index (χ1) is 4.20. The van der Waals surface area contributed by atoms with Crippen molar-refractivity contribution in [2.75, 3.05) is 13.2 Å². The molecule has 4 heteroatoms. The normalized spacial score (nSPS) is 11.7. The average Bonchev–Trinajstić information content (AvgIpc) is 1.87.